The molecule has 5 nitrogen and oxygen atoms in total. The molecule has 2 aromatic rings. The number of aromatic nitrogens is 4. The highest BCUT2D eigenvalue weighted by Crippen LogP contribution is 2.13. The first-order valence-corrected chi connectivity index (χ1v) is 5.01. The van der Waals surface area contributed by atoms with Crippen LogP contribution in [0.2, 0.25) is 0 Å². The maximum atomic E-state index is 8.44. The van der Waals surface area contributed by atoms with Crippen LogP contribution >= 0.6 is 0 Å². The lowest BCUT2D eigenvalue weighted by molar-refractivity contribution is 0.531. The van der Waals surface area contributed by atoms with Crippen molar-refractivity contribution in [3.8, 4) is 17.5 Å². The average Bonchev–Trinajstić information content (AvgIpc) is 2.76. The molecule has 0 aliphatic rings. The van der Waals surface area contributed by atoms with Gasteiger partial charge in [-0.3, -0.25) is 0 Å². The summed E-state index contributed by atoms with van der Waals surface area (Å²) in [5.74, 6) is 0.595. The lowest BCUT2D eigenvalue weighted by Gasteiger charge is -1.95. The Morgan fingerprint density at radius 1 is 1.31 bits per heavy atom. The molecule has 5 heteroatoms. The van der Waals surface area contributed by atoms with Crippen molar-refractivity contribution in [3.63, 3.8) is 0 Å². The molecule has 0 spiro atoms. The number of tetrazole rings is 1. The van der Waals surface area contributed by atoms with E-state index in [9.17, 15) is 0 Å². The number of benzene rings is 1. The molecule has 0 aliphatic heterocycles. The van der Waals surface area contributed by atoms with Crippen LogP contribution < -0.4 is 0 Å². The Kier molecular flexibility index (Phi) is 2.92. The molecule has 1 heterocycles. The number of nitrogens with zero attached hydrogens (tertiary/aromatic N) is 5. The summed E-state index contributed by atoms with van der Waals surface area (Å²) in [5.41, 5.74) is 2.13. The second kappa shape index (κ2) is 4.53. The van der Waals surface area contributed by atoms with Crippen molar-refractivity contribution in [3.05, 3.63) is 29.8 Å². The molecule has 0 unspecified atom stereocenters. The van der Waals surface area contributed by atoms with Crippen molar-refractivity contribution >= 4 is 0 Å². The summed E-state index contributed by atoms with van der Waals surface area (Å²) >= 11 is 0. The third kappa shape index (κ3) is 2.23. The second-order valence-corrected chi connectivity index (χ2v) is 3.48. The van der Waals surface area contributed by atoms with Gasteiger partial charge < -0.3 is 0 Å². The highest BCUT2D eigenvalue weighted by atomic mass is 15.6. The van der Waals surface area contributed by atoms with Crippen molar-refractivity contribution in [2.75, 3.05) is 0 Å². The average molecular weight is 213 g/mol. The summed E-state index contributed by atoms with van der Waals surface area (Å²) in [6.07, 6.45) is 0.393. The molecule has 0 saturated heterocycles. The van der Waals surface area contributed by atoms with E-state index < -0.39 is 0 Å². The fourth-order valence-electron chi connectivity index (χ4n) is 1.31. The summed E-state index contributed by atoms with van der Waals surface area (Å²) in [7, 11) is 0. The molecule has 0 saturated carbocycles. The van der Waals surface area contributed by atoms with Crippen LogP contribution in [0.4, 0.5) is 0 Å². The molecule has 0 N–H and O–H groups in total. The van der Waals surface area contributed by atoms with Gasteiger partial charge in [0, 0.05) is 5.56 Å². The van der Waals surface area contributed by atoms with E-state index in [0.29, 0.717) is 18.8 Å². The van der Waals surface area contributed by atoms with Crippen LogP contribution in [0.25, 0.3) is 11.4 Å². The van der Waals surface area contributed by atoms with Crippen molar-refractivity contribution in [1.82, 2.24) is 20.2 Å². The molecule has 0 amide bonds. The van der Waals surface area contributed by atoms with E-state index in [4.69, 9.17) is 5.26 Å². The quantitative estimate of drug-likeness (QED) is 0.776. The van der Waals surface area contributed by atoms with Crippen LogP contribution in [0.1, 0.15) is 12.0 Å². The Bertz CT molecular complexity index is 506. The molecule has 2 rings (SSSR count). The van der Waals surface area contributed by atoms with Crippen molar-refractivity contribution in [2.24, 2.45) is 0 Å². The molecule has 80 valence electrons. The molecule has 1 aromatic carbocycles. The van der Waals surface area contributed by atoms with E-state index in [1.807, 2.05) is 37.3 Å². The Hall–Kier alpha value is -2.22. The molecule has 0 atom stereocenters. The van der Waals surface area contributed by atoms with Gasteiger partial charge in [-0.15, -0.1) is 10.2 Å². The van der Waals surface area contributed by atoms with Crippen LogP contribution in [0.5, 0.6) is 0 Å². The molecule has 0 aliphatic carbocycles. The standard InChI is InChI=1S/C11H11N5/c1-9-3-5-10(6-4-9)11-13-15-16(14-11)8-2-7-12/h3-6H,2,8H2,1H3. The van der Waals surface area contributed by atoms with Gasteiger partial charge >= 0.3 is 0 Å². The molecule has 16 heavy (non-hydrogen) atoms. The van der Waals surface area contributed by atoms with Crippen LogP contribution in [-0.2, 0) is 6.54 Å². The zero-order valence-corrected chi connectivity index (χ0v) is 8.96. The normalized spacial score (nSPS) is 10.0. The summed E-state index contributed by atoms with van der Waals surface area (Å²) in [5, 5.41) is 20.5. The van der Waals surface area contributed by atoms with Crippen molar-refractivity contribution < 1.29 is 0 Å². The van der Waals surface area contributed by atoms with Crippen LogP contribution in [0.15, 0.2) is 24.3 Å². The highest BCUT2D eigenvalue weighted by molar-refractivity contribution is 5.53. The first kappa shape index (κ1) is 10.3. The monoisotopic (exact) mass is 213 g/mol. The van der Waals surface area contributed by atoms with Gasteiger partial charge in [0.25, 0.3) is 0 Å². The number of rotatable bonds is 3. The van der Waals surface area contributed by atoms with Crippen LogP contribution in [0, 0.1) is 18.3 Å². The van der Waals surface area contributed by atoms with E-state index in [-0.39, 0.29) is 0 Å². The highest BCUT2D eigenvalue weighted by Gasteiger charge is 2.04. The summed E-state index contributed by atoms with van der Waals surface area (Å²) < 4.78 is 0. The summed E-state index contributed by atoms with van der Waals surface area (Å²) in [6.45, 7) is 2.51. The largest absolute Gasteiger partial charge is 0.204 e. The maximum Gasteiger partial charge on any atom is 0.204 e. The third-order valence-corrected chi connectivity index (χ3v) is 2.19. The van der Waals surface area contributed by atoms with Crippen LogP contribution in [-0.4, -0.2) is 20.2 Å². The van der Waals surface area contributed by atoms with E-state index in [1.165, 1.54) is 10.4 Å². The fraction of sp³-hybridized carbons (Fsp3) is 0.273. The lowest BCUT2D eigenvalue weighted by atomic mass is 10.1. The van der Waals surface area contributed by atoms with Gasteiger partial charge in [0.05, 0.1) is 19.0 Å². The summed E-state index contributed by atoms with van der Waals surface area (Å²) in [4.78, 5) is 1.44. The van der Waals surface area contributed by atoms with E-state index in [0.717, 1.165) is 5.56 Å². The predicted octanol–water partition coefficient (Wildman–Crippen LogP) is 1.56. The zero-order valence-electron chi connectivity index (χ0n) is 8.96. The first-order valence-electron chi connectivity index (χ1n) is 5.01. The lowest BCUT2D eigenvalue weighted by Crippen LogP contribution is -2.01. The minimum atomic E-state index is 0.393. The molecule has 0 fully saturated rings. The Balaban J connectivity index is 2.18. The molecular weight excluding hydrogens is 202 g/mol. The van der Waals surface area contributed by atoms with E-state index in [1.54, 1.807) is 0 Å². The number of hydrogen-bond donors (Lipinski definition) is 0. The van der Waals surface area contributed by atoms with Gasteiger partial charge in [-0.2, -0.15) is 10.1 Å². The Morgan fingerprint density at radius 3 is 2.75 bits per heavy atom. The minimum absolute atomic E-state index is 0.393. The van der Waals surface area contributed by atoms with E-state index in [2.05, 4.69) is 15.4 Å². The van der Waals surface area contributed by atoms with Gasteiger partial charge in [-0.1, -0.05) is 29.8 Å². The second-order valence-electron chi connectivity index (χ2n) is 3.48. The van der Waals surface area contributed by atoms with Gasteiger partial charge in [-0.25, -0.2) is 0 Å². The Morgan fingerprint density at radius 2 is 2.06 bits per heavy atom. The van der Waals surface area contributed by atoms with Gasteiger partial charge in [-0.05, 0) is 12.1 Å². The van der Waals surface area contributed by atoms with Gasteiger partial charge in [0.2, 0.25) is 5.82 Å². The van der Waals surface area contributed by atoms with Crippen LogP contribution in [0.3, 0.4) is 0 Å². The fourth-order valence-corrected chi connectivity index (χ4v) is 1.31. The maximum absolute atomic E-state index is 8.44. The topological polar surface area (TPSA) is 67.4 Å². The minimum Gasteiger partial charge on any atom is -0.198 e. The molecule has 0 bridgehead atoms. The number of nitriles is 1. The third-order valence-electron chi connectivity index (χ3n) is 2.19. The molecule has 1 aromatic heterocycles. The summed E-state index contributed by atoms with van der Waals surface area (Å²) in [6, 6.07) is 9.97. The van der Waals surface area contributed by atoms with Crippen molar-refractivity contribution in [2.45, 2.75) is 19.9 Å². The smallest absolute Gasteiger partial charge is 0.198 e. The molecule has 0 radical (unpaired) electrons. The number of hydrogen-bond acceptors (Lipinski definition) is 4. The molecular formula is C11H11N5. The van der Waals surface area contributed by atoms with Gasteiger partial charge in [0.1, 0.15) is 0 Å². The zero-order chi connectivity index (χ0) is 11.4. The number of aryl methyl sites for hydroxylation is 2. The van der Waals surface area contributed by atoms with E-state index >= 15 is 0 Å². The van der Waals surface area contributed by atoms with Gasteiger partial charge in [0.15, 0.2) is 0 Å². The van der Waals surface area contributed by atoms with Crippen molar-refractivity contribution in [1.29, 1.82) is 5.26 Å². The SMILES string of the molecule is Cc1ccc(-c2nnn(CCC#N)n2)cc1. The Labute approximate surface area is 93.3 Å². The first-order chi connectivity index (χ1) is 7.79. The predicted molar refractivity (Wildman–Crippen MR) is 58.2 cm³/mol.